The minimum Gasteiger partial charge on any atom is -0.467 e. The van der Waals surface area contributed by atoms with E-state index in [1.54, 1.807) is 41.5 Å². The highest BCUT2D eigenvalue weighted by Gasteiger charge is 2.19. The number of carbonyl (C=O) groups excluding carboxylic acids is 2. The number of nitrogens with one attached hydrogen (secondary N) is 2. The van der Waals surface area contributed by atoms with Crippen LogP contribution >= 0.6 is 0 Å². The molecule has 0 aliphatic heterocycles. The van der Waals surface area contributed by atoms with Gasteiger partial charge in [0.25, 0.3) is 5.91 Å². The Morgan fingerprint density at radius 2 is 1.69 bits per heavy atom. The number of hydrogen-bond acceptors (Lipinski definition) is 4. The van der Waals surface area contributed by atoms with Crippen LogP contribution in [0.15, 0.2) is 77.4 Å². The number of hydrogen-bond donors (Lipinski definition) is 2. The average Bonchev–Trinajstić information content (AvgIpc) is 3.25. The third kappa shape index (κ3) is 5.25. The summed E-state index contributed by atoms with van der Waals surface area (Å²) in [7, 11) is 0. The van der Waals surface area contributed by atoms with Gasteiger partial charge in [-0.15, -0.1) is 0 Å². The van der Waals surface area contributed by atoms with Crippen molar-refractivity contribution in [3.8, 4) is 0 Å². The molecule has 2 N–H and O–H groups in total. The molecule has 0 atom stereocenters. The zero-order valence-electron chi connectivity index (χ0n) is 16.6. The lowest BCUT2D eigenvalue weighted by atomic mass is 10.1. The largest absolute Gasteiger partial charge is 0.467 e. The molecule has 0 saturated carbocycles. The lowest BCUT2D eigenvalue weighted by Crippen LogP contribution is -2.40. The van der Waals surface area contributed by atoms with Gasteiger partial charge >= 0.3 is 0 Å². The Morgan fingerprint density at radius 1 is 0.966 bits per heavy atom. The van der Waals surface area contributed by atoms with Gasteiger partial charge in [-0.1, -0.05) is 30.3 Å². The van der Waals surface area contributed by atoms with Gasteiger partial charge in [0.05, 0.1) is 24.9 Å². The molecule has 2 aromatic carbocycles. The highest BCUT2D eigenvalue weighted by atomic mass is 16.3. The zero-order valence-corrected chi connectivity index (χ0v) is 16.6. The number of nitrogens with zero attached hydrogens (tertiary/aromatic N) is 1. The minimum absolute atomic E-state index is 0.0125. The van der Waals surface area contributed by atoms with Crippen LogP contribution in [0.25, 0.3) is 0 Å². The van der Waals surface area contributed by atoms with Crippen molar-refractivity contribution in [2.75, 3.05) is 16.8 Å². The number of benzene rings is 2. The predicted molar refractivity (Wildman–Crippen MR) is 114 cm³/mol. The number of rotatable bonds is 8. The summed E-state index contributed by atoms with van der Waals surface area (Å²) < 4.78 is 5.24. The second-order valence-corrected chi connectivity index (χ2v) is 6.85. The second-order valence-electron chi connectivity index (χ2n) is 6.85. The first-order chi connectivity index (χ1) is 14.1. The zero-order chi connectivity index (χ0) is 20.6. The van der Waals surface area contributed by atoms with E-state index in [1.807, 2.05) is 50.2 Å². The predicted octanol–water partition coefficient (Wildman–Crippen LogP) is 4.06. The minimum atomic E-state index is -0.235. The van der Waals surface area contributed by atoms with Crippen molar-refractivity contribution in [1.82, 2.24) is 5.32 Å². The number of carbonyl (C=O) groups is 2. The molecule has 0 aliphatic rings. The monoisotopic (exact) mass is 391 g/mol. The fraction of sp³-hybridized carbons (Fsp3) is 0.217. The molecule has 0 saturated heterocycles. The molecule has 29 heavy (non-hydrogen) atoms. The molecule has 0 aliphatic carbocycles. The summed E-state index contributed by atoms with van der Waals surface area (Å²) in [5, 5.41) is 5.94. The standard InChI is InChI=1S/C23H25N3O3/c1-17(2)26(18-9-4-3-5-10-18)22(27)16-24-21-13-7-6-12-20(21)23(28)25-15-19-11-8-14-29-19/h3-14,17,24H,15-16H2,1-2H3,(H,25,28). The van der Waals surface area contributed by atoms with E-state index in [0.717, 1.165) is 5.69 Å². The van der Waals surface area contributed by atoms with Crippen molar-refractivity contribution in [1.29, 1.82) is 0 Å². The lowest BCUT2D eigenvalue weighted by Gasteiger charge is -2.27. The highest BCUT2D eigenvalue weighted by molar-refractivity contribution is 6.01. The summed E-state index contributed by atoms with van der Waals surface area (Å²) in [5.41, 5.74) is 1.93. The van der Waals surface area contributed by atoms with E-state index < -0.39 is 0 Å². The van der Waals surface area contributed by atoms with Crippen LogP contribution in [-0.4, -0.2) is 24.4 Å². The summed E-state index contributed by atoms with van der Waals surface area (Å²) >= 11 is 0. The molecule has 0 bridgehead atoms. The van der Waals surface area contributed by atoms with Crippen molar-refractivity contribution in [3.63, 3.8) is 0 Å². The molecule has 3 rings (SSSR count). The third-order valence-corrected chi connectivity index (χ3v) is 4.42. The Hall–Kier alpha value is -3.54. The van der Waals surface area contributed by atoms with Crippen molar-refractivity contribution < 1.29 is 14.0 Å². The van der Waals surface area contributed by atoms with Gasteiger partial charge in [-0.25, -0.2) is 0 Å². The Labute approximate surface area is 170 Å². The molecule has 0 spiro atoms. The number of amides is 2. The van der Waals surface area contributed by atoms with Gasteiger partial charge in [0, 0.05) is 17.4 Å². The molecule has 0 radical (unpaired) electrons. The first kappa shape index (κ1) is 20.2. The van der Waals surface area contributed by atoms with Crippen LogP contribution in [0.4, 0.5) is 11.4 Å². The van der Waals surface area contributed by atoms with Crippen LogP contribution in [0.3, 0.4) is 0 Å². The van der Waals surface area contributed by atoms with Crippen molar-refractivity contribution in [2.45, 2.75) is 26.4 Å². The van der Waals surface area contributed by atoms with E-state index in [-0.39, 0.29) is 24.4 Å². The molecule has 2 amide bonds. The van der Waals surface area contributed by atoms with Gasteiger partial charge in [-0.2, -0.15) is 0 Å². The SMILES string of the molecule is CC(C)N(C(=O)CNc1ccccc1C(=O)NCc1ccco1)c1ccccc1. The van der Waals surface area contributed by atoms with Gasteiger partial charge in [0.15, 0.2) is 0 Å². The Bertz CT molecular complexity index is 937. The molecular formula is C23H25N3O3. The van der Waals surface area contributed by atoms with E-state index in [2.05, 4.69) is 10.6 Å². The van der Waals surface area contributed by atoms with Crippen LogP contribution in [0.5, 0.6) is 0 Å². The molecule has 1 aromatic heterocycles. The molecule has 6 heteroatoms. The summed E-state index contributed by atoms with van der Waals surface area (Å²) in [6, 6.07) is 20.3. The van der Waals surface area contributed by atoms with E-state index in [0.29, 0.717) is 23.6 Å². The van der Waals surface area contributed by atoms with Crippen LogP contribution in [-0.2, 0) is 11.3 Å². The molecule has 1 heterocycles. The van der Waals surface area contributed by atoms with Crippen molar-refractivity contribution >= 4 is 23.2 Å². The van der Waals surface area contributed by atoms with Crippen LogP contribution in [0.2, 0.25) is 0 Å². The molecule has 150 valence electrons. The van der Waals surface area contributed by atoms with E-state index in [1.165, 1.54) is 0 Å². The highest BCUT2D eigenvalue weighted by Crippen LogP contribution is 2.18. The maximum atomic E-state index is 12.9. The lowest BCUT2D eigenvalue weighted by molar-refractivity contribution is -0.117. The maximum absolute atomic E-state index is 12.9. The van der Waals surface area contributed by atoms with E-state index >= 15 is 0 Å². The van der Waals surface area contributed by atoms with Gasteiger partial charge in [-0.3, -0.25) is 9.59 Å². The van der Waals surface area contributed by atoms with Gasteiger partial charge in [0.2, 0.25) is 5.91 Å². The van der Waals surface area contributed by atoms with Gasteiger partial charge in [0.1, 0.15) is 5.76 Å². The van der Waals surface area contributed by atoms with Crippen molar-refractivity contribution in [3.05, 3.63) is 84.3 Å². The topological polar surface area (TPSA) is 74.6 Å². The van der Waals surface area contributed by atoms with Crippen LogP contribution in [0, 0.1) is 0 Å². The van der Waals surface area contributed by atoms with E-state index in [9.17, 15) is 9.59 Å². The third-order valence-electron chi connectivity index (χ3n) is 4.42. The van der Waals surface area contributed by atoms with E-state index in [4.69, 9.17) is 4.42 Å². The maximum Gasteiger partial charge on any atom is 0.253 e. The van der Waals surface area contributed by atoms with Crippen molar-refractivity contribution in [2.24, 2.45) is 0 Å². The fourth-order valence-corrected chi connectivity index (χ4v) is 3.09. The molecular weight excluding hydrogens is 366 g/mol. The average molecular weight is 391 g/mol. The Morgan fingerprint density at radius 3 is 2.38 bits per heavy atom. The summed E-state index contributed by atoms with van der Waals surface area (Å²) in [5.74, 6) is 0.368. The molecule has 3 aromatic rings. The normalized spacial score (nSPS) is 10.6. The number of furan rings is 1. The Balaban J connectivity index is 1.67. The van der Waals surface area contributed by atoms with Crippen LogP contribution in [0.1, 0.15) is 30.0 Å². The second kappa shape index (κ2) is 9.59. The first-order valence-corrected chi connectivity index (χ1v) is 9.57. The summed E-state index contributed by atoms with van der Waals surface area (Å²) in [4.78, 5) is 27.2. The molecule has 0 unspecified atom stereocenters. The van der Waals surface area contributed by atoms with Crippen LogP contribution < -0.4 is 15.5 Å². The number of para-hydroxylation sites is 2. The molecule has 0 fully saturated rings. The first-order valence-electron chi connectivity index (χ1n) is 9.57. The Kier molecular flexibility index (Phi) is 6.68. The fourth-order valence-electron chi connectivity index (χ4n) is 3.09. The van der Waals surface area contributed by atoms with Gasteiger partial charge < -0.3 is 20.0 Å². The smallest absolute Gasteiger partial charge is 0.253 e. The summed E-state index contributed by atoms with van der Waals surface area (Å²) in [6.07, 6.45) is 1.57. The molecule has 6 nitrogen and oxygen atoms in total. The number of anilines is 2. The quantitative estimate of drug-likeness (QED) is 0.607. The summed E-state index contributed by atoms with van der Waals surface area (Å²) in [6.45, 7) is 4.33. The van der Waals surface area contributed by atoms with Gasteiger partial charge in [-0.05, 0) is 50.2 Å².